The minimum absolute atomic E-state index is 0.0219. The Hall–Kier alpha value is -2.44. The first-order valence-electron chi connectivity index (χ1n) is 10.4. The van der Waals surface area contributed by atoms with E-state index in [4.69, 9.17) is 0 Å². The van der Waals surface area contributed by atoms with Crippen LogP contribution in [0.3, 0.4) is 0 Å². The van der Waals surface area contributed by atoms with Crippen LogP contribution in [0.15, 0.2) is 59.3 Å². The minimum Gasteiger partial charge on any atom is -0.333 e. The van der Waals surface area contributed by atoms with Crippen molar-refractivity contribution in [2.45, 2.75) is 32.2 Å². The molecule has 0 bridgehead atoms. The van der Waals surface area contributed by atoms with Crippen LogP contribution in [0, 0.1) is 0 Å². The molecule has 1 aromatic carbocycles. The van der Waals surface area contributed by atoms with Gasteiger partial charge in [-0.25, -0.2) is 0 Å². The fourth-order valence-electron chi connectivity index (χ4n) is 4.07. The minimum atomic E-state index is -0.0791. The van der Waals surface area contributed by atoms with Crippen LogP contribution in [0.25, 0.3) is 0 Å². The smallest absolute Gasteiger partial charge is 0.242 e. The molecule has 0 aliphatic carbocycles. The van der Waals surface area contributed by atoms with Gasteiger partial charge in [-0.3, -0.25) is 9.59 Å². The van der Waals surface area contributed by atoms with Crippen molar-refractivity contribution in [1.29, 1.82) is 0 Å². The van der Waals surface area contributed by atoms with Gasteiger partial charge in [0.1, 0.15) is 0 Å². The van der Waals surface area contributed by atoms with Crippen LogP contribution < -0.4 is 0 Å². The number of thiophene rings is 2. The number of carbonyl (C=O) groups is 2. The summed E-state index contributed by atoms with van der Waals surface area (Å²) >= 11 is 3.35. The number of carbonyl (C=O) groups excluding carboxylic acids is 2. The van der Waals surface area contributed by atoms with Crippen molar-refractivity contribution in [3.63, 3.8) is 0 Å². The summed E-state index contributed by atoms with van der Waals surface area (Å²) in [4.78, 5) is 32.4. The average molecular weight is 439 g/mol. The van der Waals surface area contributed by atoms with Crippen LogP contribution in [0.2, 0.25) is 0 Å². The summed E-state index contributed by atoms with van der Waals surface area (Å²) in [5.74, 6) is 0.0471. The van der Waals surface area contributed by atoms with E-state index in [2.05, 4.69) is 23.6 Å². The maximum absolute atomic E-state index is 13.4. The SMILES string of the molecule is CCCN(CC(=O)N1CCc2sccc2C1c1ccccc1)C(=O)Cc1cccs1. The molecule has 1 unspecified atom stereocenters. The second-order valence-electron chi connectivity index (χ2n) is 7.52. The molecule has 4 rings (SSSR count). The highest BCUT2D eigenvalue weighted by molar-refractivity contribution is 7.10. The topological polar surface area (TPSA) is 40.6 Å². The van der Waals surface area contributed by atoms with Crippen LogP contribution in [0.1, 0.15) is 40.3 Å². The zero-order valence-electron chi connectivity index (χ0n) is 17.1. The maximum atomic E-state index is 13.4. The number of hydrogen-bond acceptors (Lipinski definition) is 4. The van der Waals surface area contributed by atoms with E-state index in [0.29, 0.717) is 19.5 Å². The Morgan fingerprint density at radius 1 is 1.07 bits per heavy atom. The number of hydrogen-bond donors (Lipinski definition) is 0. The summed E-state index contributed by atoms with van der Waals surface area (Å²) in [5, 5.41) is 4.09. The average Bonchev–Trinajstić information content (AvgIpc) is 3.45. The molecule has 3 heterocycles. The highest BCUT2D eigenvalue weighted by Crippen LogP contribution is 2.37. The quantitative estimate of drug-likeness (QED) is 0.533. The highest BCUT2D eigenvalue weighted by Gasteiger charge is 2.33. The summed E-state index contributed by atoms with van der Waals surface area (Å²) < 4.78 is 0. The first-order valence-corrected chi connectivity index (χ1v) is 12.1. The summed E-state index contributed by atoms with van der Waals surface area (Å²) in [6, 6.07) is 16.2. The molecular formula is C24H26N2O2S2. The van der Waals surface area contributed by atoms with E-state index >= 15 is 0 Å². The second-order valence-corrected chi connectivity index (χ2v) is 9.55. The zero-order chi connectivity index (χ0) is 20.9. The first-order chi connectivity index (χ1) is 14.7. The van der Waals surface area contributed by atoms with Gasteiger partial charge in [0, 0.05) is 22.8 Å². The molecule has 0 fully saturated rings. The van der Waals surface area contributed by atoms with Gasteiger partial charge in [0.25, 0.3) is 0 Å². The van der Waals surface area contributed by atoms with Crippen LogP contribution in [0.4, 0.5) is 0 Å². The molecular weight excluding hydrogens is 412 g/mol. The molecule has 1 aliphatic heterocycles. The van der Waals surface area contributed by atoms with Gasteiger partial charge in [-0.05, 0) is 46.9 Å². The van der Waals surface area contributed by atoms with Gasteiger partial charge < -0.3 is 9.80 Å². The molecule has 1 aliphatic rings. The number of nitrogens with zero attached hydrogens (tertiary/aromatic N) is 2. The van der Waals surface area contributed by atoms with Crippen LogP contribution in [0.5, 0.6) is 0 Å². The summed E-state index contributed by atoms with van der Waals surface area (Å²) in [6.45, 7) is 3.47. The van der Waals surface area contributed by atoms with Crippen molar-refractivity contribution in [3.8, 4) is 0 Å². The lowest BCUT2D eigenvalue weighted by molar-refractivity contribution is -0.141. The summed E-state index contributed by atoms with van der Waals surface area (Å²) in [6.07, 6.45) is 2.07. The van der Waals surface area contributed by atoms with Crippen molar-refractivity contribution in [2.75, 3.05) is 19.6 Å². The van der Waals surface area contributed by atoms with E-state index in [9.17, 15) is 9.59 Å². The largest absolute Gasteiger partial charge is 0.333 e. The third kappa shape index (κ3) is 4.50. The number of fused-ring (bicyclic) bond motifs is 1. The van der Waals surface area contributed by atoms with Gasteiger partial charge in [0.2, 0.25) is 11.8 Å². The number of rotatable bonds is 7. The van der Waals surface area contributed by atoms with Crippen molar-refractivity contribution in [3.05, 3.63) is 80.2 Å². The Balaban J connectivity index is 1.55. The van der Waals surface area contributed by atoms with Gasteiger partial charge in [0.15, 0.2) is 0 Å². The molecule has 0 radical (unpaired) electrons. The molecule has 2 aromatic heterocycles. The molecule has 30 heavy (non-hydrogen) atoms. The molecule has 0 saturated heterocycles. The van der Waals surface area contributed by atoms with E-state index < -0.39 is 0 Å². The lowest BCUT2D eigenvalue weighted by Gasteiger charge is -2.37. The normalized spacial score (nSPS) is 15.6. The predicted molar refractivity (Wildman–Crippen MR) is 123 cm³/mol. The molecule has 2 amide bonds. The number of benzene rings is 1. The van der Waals surface area contributed by atoms with Gasteiger partial charge in [-0.1, -0.05) is 43.3 Å². The highest BCUT2D eigenvalue weighted by atomic mass is 32.1. The molecule has 0 saturated carbocycles. The lowest BCUT2D eigenvalue weighted by Crippen LogP contribution is -2.47. The van der Waals surface area contributed by atoms with Gasteiger partial charge in [-0.2, -0.15) is 0 Å². The van der Waals surface area contributed by atoms with Crippen LogP contribution in [-0.4, -0.2) is 41.2 Å². The zero-order valence-corrected chi connectivity index (χ0v) is 18.8. The van der Waals surface area contributed by atoms with E-state index in [-0.39, 0.29) is 24.4 Å². The van der Waals surface area contributed by atoms with Crippen molar-refractivity contribution in [1.82, 2.24) is 9.80 Å². The molecule has 156 valence electrons. The molecule has 0 N–H and O–H groups in total. The molecule has 0 spiro atoms. The van der Waals surface area contributed by atoms with E-state index in [1.165, 1.54) is 10.4 Å². The summed E-state index contributed by atoms with van der Waals surface area (Å²) in [5.41, 5.74) is 2.34. The van der Waals surface area contributed by atoms with Crippen LogP contribution >= 0.6 is 22.7 Å². The predicted octanol–water partition coefficient (Wildman–Crippen LogP) is 4.77. The standard InChI is InChI=1S/C24H26N2O2S2/c1-2-12-25(22(27)16-19-9-6-14-29-19)17-23(28)26-13-10-21-20(11-15-30-21)24(26)18-7-4-3-5-8-18/h3-9,11,14-15,24H,2,10,12-13,16-17H2,1H3. The van der Waals surface area contributed by atoms with Crippen molar-refractivity contribution >= 4 is 34.5 Å². The Kier molecular flexibility index (Phi) is 6.65. The van der Waals surface area contributed by atoms with Crippen molar-refractivity contribution < 1.29 is 9.59 Å². The summed E-state index contributed by atoms with van der Waals surface area (Å²) in [7, 11) is 0. The Labute approximate surface area is 185 Å². The fourth-order valence-corrected chi connectivity index (χ4v) is 5.67. The molecule has 1 atom stereocenters. The Morgan fingerprint density at radius 2 is 1.90 bits per heavy atom. The van der Waals surface area contributed by atoms with Crippen LogP contribution in [-0.2, 0) is 22.4 Å². The molecule has 6 heteroatoms. The maximum Gasteiger partial charge on any atom is 0.242 e. The Bertz CT molecular complexity index is 982. The third-order valence-corrected chi connectivity index (χ3v) is 7.35. The van der Waals surface area contributed by atoms with Gasteiger partial charge >= 0.3 is 0 Å². The molecule has 3 aromatic rings. The Morgan fingerprint density at radius 3 is 2.63 bits per heavy atom. The van der Waals surface area contributed by atoms with E-state index in [0.717, 1.165) is 23.3 Å². The lowest BCUT2D eigenvalue weighted by atomic mass is 9.93. The van der Waals surface area contributed by atoms with Crippen molar-refractivity contribution in [2.24, 2.45) is 0 Å². The second kappa shape index (κ2) is 9.58. The molecule has 4 nitrogen and oxygen atoms in total. The van der Waals surface area contributed by atoms with Gasteiger partial charge in [0.05, 0.1) is 19.0 Å². The monoisotopic (exact) mass is 438 g/mol. The number of amides is 2. The van der Waals surface area contributed by atoms with Gasteiger partial charge in [-0.15, -0.1) is 22.7 Å². The third-order valence-electron chi connectivity index (χ3n) is 5.48. The first kappa shape index (κ1) is 20.8. The van der Waals surface area contributed by atoms with E-state index in [1.807, 2.05) is 47.5 Å². The fraction of sp³-hybridized carbons (Fsp3) is 0.333. The van der Waals surface area contributed by atoms with E-state index in [1.54, 1.807) is 27.6 Å².